The van der Waals surface area contributed by atoms with Gasteiger partial charge in [-0.1, -0.05) is 5.16 Å². The van der Waals surface area contributed by atoms with Gasteiger partial charge in [0.15, 0.2) is 5.69 Å². The Morgan fingerprint density at radius 1 is 1.16 bits per heavy atom. The van der Waals surface area contributed by atoms with Crippen LogP contribution in [-0.2, 0) is 4.74 Å². The highest BCUT2D eigenvalue weighted by molar-refractivity contribution is 5.99. The highest BCUT2D eigenvalue weighted by Crippen LogP contribution is 2.38. The summed E-state index contributed by atoms with van der Waals surface area (Å²) in [5, 5.41) is 14.6. The van der Waals surface area contributed by atoms with Crippen LogP contribution in [0.2, 0.25) is 0 Å². The number of ether oxygens (including phenoxy) is 1. The summed E-state index contributed by atoms with van der Waals surface area (Å²) < 4.78 is 13.1. The third kappa shape index (κ3) is 3.27. The van der Waals surface area contributed by atoms with Crippen molar-refractivity contribution >= 4 is 17.0 Å². The molecule has 1 N–H and O–H groups in total. The van der Waals surface area contributed by atoms with Crippen LogP contribution in [0.25, 0.3) is 33.3 Å². The summed E-state index contributed by atoms with van der Waals surface area (Å²) in [6.07, 6.45) is 7.32. The fourth-order valence-electron chi connectivity index (χ4n) is 4.66. The molecular formula is C24H24N4O4. The van der Waals surface area contributed by atoms with Gasteiger partial charge in [-0.2, -0.15) is 0 Å². The van der Waals surface area contributed by atoms with Gasteiger partial charge in [-0.05, 0) is 56.9 Å². The number of hydrogen-bond acceptors (Lipinski definition) is 6. The Morgan fingerprint density at radius 2 is 1.94 bits per heavy atom. The van der Waals surface area contributed by atoms with E-state index in [1.807, 2.05) is 26.1 Å². The number of fused-ring (bicyclic) bond motifs is 1. The SMILES string of the molecule is Cc1noc(C)c1-c1cnc2c(c1)c(-c1ccnc(C(=O)O)c1C)cn2C1CCOCC1. The fourth-order valence-corrected chi connectivity index (χ4v) is 4.66. The summed E-state index contributed by atoms with van der Waals surface area (Å²) in [7, 11) is 0. The lowest BCUT2D eigenvalue weighted by Gasteiger charge is -2.24. The van der Waals surface area contributed by atoms with E-state index >= 15 is 0 Å². The number of aromatic carboxylic acids is 1. The van der Waals surface area contributed by atoms with Gasteiger partial charge < -0.3 is 18.9 Å². The van der Waals surface area contributed by atoms with E-state index in [-0.39, 0.29) is 11.7 Å². The van der Waals surface area contributed by atoms with Gasteiger partial charge in [0.25, 0.3) is 0 Å². The van der Waals surface area contributed by atoms with E-state index in [0.29, 0.717) is 18.8 Å². The highest BCUT2D eigenvalue weighted by Gasteiger charge is 2.24. The van der Waals surface area contributed by atoms with Gasteiger partial charge in [-0.25, -0.2) is 14.8 Å². The largest absolute Gasteiger partial charge is 0.477 e. The minimum Gasteiger partial charge on any atom is -0.477 e. The van der Waals surface area contributed by atoms with Crippen molar-refractivity contribution < 1.29 is 19.2 Å². The number of carboxylic acid groups (broad SMARTS) is 1. The van der Waals surface area contributed by atoms with Crippen LogP contribution in [0.5, 0.6) is 0 Å². The first kappa shape index (κ1) is 20.4. The smallest absolute Gasteiger partial charge is 0.354 e. The molecule has 0 saturated carbocycles. The number of aromatic nitrogens is 4. The monoisotopic (exact) mass is 432 g/mol. The fraction of sp³-hybridized carbons (Fsp3) is 0.333. The Bertz CT molecular complexity index is 1310. The van der Waals surface area contributed by atoms with E-state index in [0.717, 1.165) is 57.6 Å². The lowest BCUT2D eigenvalue weighted by Crippen LogP contribution is -2.19. The molecule has 0 spiro atoms. The zero-order valence-electron chi connectivity index (χ0n) is 18.3. The third-order valence-electron chi connectivity index (χ3n) is 6.27. The van der Waals surface area contributed by atoms with Gasteiger partial charge >= 0.3 is 5.97 Å². The van der Waals surface area contributed by atoms with Crippen LogP contribution in [-0.4, -0.2) is 44.0 Å². The molecule has 32 heavy (non-hydrogen) atoms. The van der Waals surface area contributed by atoms with Crippen molar-refractivity contribution in [2.24, 2.45) is 0 Å². The van der Waals surface area contributed by atoms with Crippen LogP contribution < -0.4 is 0 Å². The highest BCUT2D eigenvalue weighted by atomic mass is 16.5. The summed E-state index contributed by atoms with van der Waals surface area (Å²) in [6.45, 7) is 7.04. The van der Waals surface area contributed by atoms with Crippen molar-refractivity contribution in [3.05, 3.63) is 53.4 Å². The Hall–Kier alpha value is -3.52. The molecule has 1 aliphatic heterocycles. The minimum atomic E-state index is -1.04. The Labute approximate surface area is 184 Å². The molecule has 5 heterocycles. The topological polar surface area (TPSA) is 103 Å². The average Bonchev–Trinajstić information content (AvgIpc) is 3.33. The van der Waals surface area contributed by atoms with E-state index in [1.165, 1.54) is 0 Å². The van der Waals surface area contributed by atoms with E-state index in [2.05, 4.69) is 27.0 Å². The molecule has 164 valence electrons. The lowest BCUT2D eigenvalue weighted by molar-refractivity contribution is 0.0689. The van der Waals surface area contributed by atoms with Gasteiger partial charge in [0.1, 0.15) is 11.4 Å². The average molecular weight is 432 g/mol. The molecule has 8 nitrogen and oxygen atoms in total. The molecule has 4 aromatic heterocycles. The molecule has 0 radical (unpaired) electrons. The summed E-state index contributed by atoms with van der Waals surface area (Å²) in [4.78, 5) is 20.6. The number of pyridine rings is 2. The zero-order chi connectivity index (χ0) is 22.4. The number of hydrogen-bond donors (Lipinski definition) is 1. The third-order valence-corrected chi connectivity index (χ3v) is 6.27. The van der Waals surface area contributed by atoms with Gasteiger partial charge in [0, 0.05) is 59.9 Å². The molecular weight excluding hydrogens is 408 g/mol. The van der Waals surface area contributed by atoms with E-state index < -0.39 is 5.97 Å². The Balaban J connectivity index is 1.77. The standard InChI is InChI=1S/C24H24N4O4/c1-13-18(4-7-25-22(13)24(29)30)20-12-28(17-5-8-31-9-6-17)23-19(20)10-16(11-26-23)21-14(2)27-32-15(21)3/h4,7,10-12,17H,5-6,8-9H2,1-3H3,(H,29,30). The Kier molecular flexibility index (Phi) is 5.01. The molecule has 1 fully saturated rings. The van der Waals surface area contributed by atoms with Crippen molar-refractivity contribution in [1.29, 1.82) is 0 Å². The number of aryl methyl sites for hydroxylation is 2. The molecule has 1 aliphatic rings. The molecule has 4 aromatic rings. The molecule has 5 rings (SSSR count). The van der Waals surface area contributed by atoms with E-state index in [1.54, 1.807) is 13.1 Å². The maximum absolute atomic E-state index is 11.7. The second-order valence-electron chi connectivity index (χ2n) is 8.23. The summed E-state index contributed by atoms with van der Waals surface area (Å²) in [5.41, 5.74) is 6.00. The zero-order valence-corrected chi connectivity index (χ0v) is 18.3. The van der Waals surface area contributed by atoms with Crippen molar-refractivity contribution in [1.82, 2.24) is 19.7 Å². The summed E-state index contributed by atoms with van der Waals surface area (Å²) in [5.74, 6) is -0.297. The van der Waals surface area contributed by atoms with E-state index in [9.17, 15) is 9.90 Å². The second kappa shape index (κ2) is 7.87. The van der Waals surface area contributed by atoms with Crippen LogP contribution in [0.15, 0.2) is 35.2 Å². The maximum Gasteiger partial charge on any atom is 0.354 e. The number of nitrogens with zero attached hydrogens (tertiary/aromatic N) is 4. The molecule has 8 heteroatoms. The second-order valence-corrected chi connectivity index (χ2v) is 8.23. The Morgan fingerprint density at radius 3 is 2.62 bits per heavy atom. The van der Waals surface area contributed by atoms with E-state index in [4.69, 9.17) is 14.2 Å². The molecule has 0 aromatic carbocycles. The lowest BCUT2D eigenvalue weighted by atomic mass is 9.98. The summed E-state index contributed by atoms with van der Waals surface area (Å²) >= 11 is 0. The molecule has 0 unspecified atom stereocenters. The van der Waals surface area contributed by atoms with Crippen LogP contribution in [0.4, 0.5) is 0 Å². The normalized spacial score (nSPS) is 14.8. The predicted molar refractivity (Wildman–Crippen MR) is 119 cm³/mol. The first-order valence-corrected chi connectivity index (χ1v) is 10.7. The number of rotatable bonds is 4. The quantitative estimate of drug-likeness (QED) is 0.497. The van der Waals surface area contributed by atoms with Gasteiger partial charge in [0.2, 0.25) is 0 Å². The maximum atomic E-state index is 11.7. The first-order valence-electron chi connectivity index (χ1n) is 10.7. The summed E-state index contributed by atoms with van der Waals surface area (Å²) in [6, 6.07) is 4.24. The first-order chi connectivity index (χ1) is 15.5. The van der Waals surface area contributed by atoms with Gasteiger partial charge in [0.05, 0.1) is 5.69 Å². The number of carboxylic acids is 1. The van der Waals surface area contributed by atoms with Crippen LogP contribution in [0.3, 0.4) is 0 Å². The van der Waals surface area contributed by atoms with Crippen molar-refractivity contribution in [3.63, 3.8) is 0 Å². The molecule has 0 aliphatic carbocycles. The molecule has 0 bridgehead atoms. The van der Waals surface area contributed by atoms with Crippen LogP contribution in [0, 0.1) is 20.8 Å². The van der Waals surface area contributed by atoms with Crippen LogP contribution >= 0.6 is 0 Å². The molecule has 1 saturated heterocycles. The van der Waals surface area contributed by atoms with Crippen molar-refractivity contribution in [2.45, 2.75) is 39.7 Å². The molecule has 0 atom stereocenters. The minimum absolute atomic E-state index is 0.0595. The number of carbonyl (C=O) groups is 1. The van der Waals surface area contributed by atoms with Crippen molar-refractivity contribution in [2.75, 3.05) is 13.2 Å². The van der Waals surface area contributed by atoms with Crippen molar-refractivity contribution in [3.8, 4) is 22.3 Å². The predicted octanol–water partition coefficient (Wildman–Crippen LogP) is 4.73. The van der Waals surface area contributed by atoms with Crippen LogP contribution in [0.1, 0.15) is 46.4 Å². The van der Waals surface area contributed by atoms with Gasteiger partial charge in [-0.15, -0.1) is 0 Å². The van der Waals surface area contributed by atoms with Gasteiger partial charge in [-0.3, -0.25) is 0 Å². The molecule has 0 amide bonds.